The second-order valence-corrected chi connectivity index (χ2v) is 5.77. The first-order valence-corrected chi connectivity index (χ1v) is 6.93. The van der Waals surface area contributed by atoms with E-state index >= 15 is 0 Å². The molecule has 2 N–H and O–H groups in total. The molecule has 98 valence electrons. The highest BCUT2D eigenvalue weighted by atomic mass is 35.5. The highest BCUT2D eigenvalue weighted by Gasteiger charge is 2.18. The summed E-state index contributed by atoms with van der Waals surface area (Å²) in [5.41, 5.74) is 6.41. The van der Waals surface area contributed by atoms with Crippen LogP contribution in [0.25, 0.3) is 0 Å². The van der Waals surface area contributed by atoms with Gasteiger partial charge >= 0.3 is 0 Å². The number of nitrogens with two attached hydrogens (primary N) is 1. The number of sulfonamides is 1. The predicted octanol–water partition coefficient (Wildman–Crippen LogP) is 1.22. The fourth-order valence-corrected chi connectivity index (χ4v) is 2.52. The Balaban J connectivity index is 0.00000256. The van der Waals surface area contributed by atoms with E-state index < -0.39 is 10.0 Å². The van der Waals surface area contributed by atoms with Crippen molar-refractivity contribution in [2.45, 2.75) is 13.5 Å². The molecule has 0 saturated carbocycles. The molecule has 1 rings (SSSR count). The zero-order valence-electron chi connectivity index (χ0n) is 9.87. The first-order valence-electron chi connectivity index (χ1n) is 5.32. The van der Waals surface area contributed by atoms with Crippen molar-refractivity contribution in [3.8, 4) is 0 Å². The smallest absolute Gasteiger partial charge is 0.214 e. The summed E-state index contributed by atoms with van der Waals surface area (Å²) in [4.78, 5) is 0. The number of benzene rings is 1. The molecule has 0 bridgehead atoms. The zero-order chi connectivity index (χ0) is 12.0. The summed E-state index contributed by atoms with van der Waals surface area (Å²) < 4.78 is 25.0. The zero-order valence-corrected chi connectivity index (χ0v) is 11.5. The summed E-state index contributed by atoms with van der Waals surface area (Å²) in [6.45, 7) is 2.75. The molecule has 0 aliphatic carbocycles. The largest absolute Gasteiger partial charge is 0.329 e. The summed E-state index contributed by atoms with van der Waals surface area (Å²) in [6, 6.07) is 9.53. The third-order valence-electron chi connectivity index (χ3n) is 2.34. The van der Waals surface area contributed by atoms with Crippen LogP contribution in [0.15, 0.2) is 30.3 Å². The molecule has 4 nitrogen and oxygen atoms in total. The van der Waals surface area contributed by atoms with Gasteiger partial charge in [-0.1, -0.05) is 30.3 Å². The summed E-state index contributed by atoms with van der Waals surface area (Å²) in [5, 5.41) is 0. The molecule has 0 radical (unpaired) electrons. The van der Waals surface area contributed by atoms with E-state index in [-0.39, 0.29) is 18.2 Å². The molecule has 0 fully saturated rings. The lowest BCUT2D eigenvalue weighted by Crippen LogP contribution is -2.35. The van der Waals surface area contributed by atoms with Gasteiger partial charge in [0.1, 0.15) is 0 Å². The maximum atomic E-state index is 11.8. The monoisotopic (exact) mass is 278 g/mol. The van der Waals surface area contributed by atoms with Crippen molar-refractivity contribution in [2.24, 2.45) is 5.73 Å². The van der Waals surface area contributed by atoms with Gasteiger partial charge in [0, 0.05) is 19.6 Å². The average molecular weight is 279 g/mol. The minimum Gasteiger partial charge on any atom is -0.329 e. The van der Waals surface area contributed by atoms with Crippen LogP contribution in [-0.4, -0.2) is 31.6 Å². The van der Waals surface area contributed by atoms with E-state index in [2.05, 4.69) is 0 Å². The molecule has 17 heavy (non-hydrogen) atoms. The standard InChI is InChI=1S/C11H18N2O2S.ClH/c1-2-16(14,15)13(9-8-12)10-11-6-4-3-5-7-11;/h3-7H,2,8-10,12H2,1H3;1H. The highest BCUT2D eigenvalue weighted by Crippen LogP contribution is 2.08. The molecule has 0 saturated heterocycles. The van der Waals surface area contributed by atoms with Crippen molar-refractivity contribution < 1.29 is 8.42 Å². The second kappa shape index (κ2) is 7.66. The van der Waals surface area contributed by atoms with Crippen LogP contribution >= 0.6 is 12.4 Å². The average Bonchev–Trinajstić information content (AvgIpc) is 2.30. The molecule has 0 heterocycles. The van der Waals surface area contributed by atoms with Crippen molar-refractivity contribution in [1.82, 2.24) is 4.31 Å². The van der Waals surface area contributed by atoms with Crippen LogP contribution in [-0.2, 0) is 16.6 Å². The van der Waals surface area contributed by atoms with E-state index in [1.807, 2.05) is 30.3 Å². The lowest BCUT2D eigenvalue weighted by atomic mass is 10.2. The van der Waals surface area contributed by atoms with Gasteiger partial charge in [0.05, 0.1) is 5.75 Å². The molecule has 0 aliphatic heterocycles. The van der Waals surface area contributed by atoms with Crippen LogP contribution < -0.4 is 5.73 Å². The van der Waals surface area contributed by atoms with Crippen molar-refractivity contribution in [2.75, 3.05) is 18.8 Å². The Labute approximate surface area is 109 Å². The van der Waals surface area contributed by atoms with E-state index in [9.17, 15) is 8.42 Å². The lowest BCUT2D eigenvalue weighted by Gasteiger charge is -2.20. The first-order chi connectivity index (χ1) is 7.60. The highest BCUT2D eigenvalue weighted by molar-refractivity contribution is 7.89. The molecule has 1 aromatic rings. The molecule has 0 spiro atoms. The van der Waals surface area contributed by atoms with Gasteiger partial charge in [-0.05, 0) is 12.5 Å². The van der Waals surface area contributed by atoms with Crippen LogP contribution in [0.4, 0.5) is 0 Å². The van der Waals surface area contributed by atoms with Gasteiger partial charge < -0.3 is 5.73 Å². The summed E-state index contributed by atoms with van der Waals surface area (Å²) in [7, 11) is -3.17. The number of hydrogen-bond acceptors (Lipinski definition) is 3. The van der Waals surface area contributed by atoms with Crippen molar-refractivity contribution in [3.63, 3.8) is 0 Å². The second-order valence-electron chi connectivity index (χ2n) is 3.51. The Bertz CT molecular complexity index is 409. The van der Waals surface area contributed by atoms with Gasteiger partial charge in [-0.2, -0.15) is 4.31 Å². The minimum atomic E-state index is -3.17. The van der Waals surface area contributed by atoms with Crippen LogP contribution in [0.5, 0.6) is 0 Å². The molecule has 0 amide bonds. The van der Waals surface area contributed by atoms with Crippen LogP contribution in [0, 0.1) is 0 Å². The molecular formula is C11H19ClN2O2S. The fourth-order valence-electron chi connectivity index (χ4n) is 1.43. The van der Waals surface area contributed by atoms with E-state index in [0.717, 1.165) is 5.56 Å². The van der Waals surface area contributed by atoms with Crippen LogP contribution in [0.1, 0.15) is 12.5 Å². The summed E-state index contributed by atoms with van der Waals surface area (Å²) in [6.07, 6.45) is 0. The summed E-state index contributed by atoms with van der Waals surface area (Å²) in [5.74, 6) is 0.111. The van der Waals surface area contributed by atoms with Gasteiger partial charge in [-0.15, -0.1) is 12.4 Å². The molecule has 0 aliphatic rings. The number of nitrogens with zero attached hydrogens (tertiary/aromatic N) is 1. The maximum Gasteiger partial charge on any atom is 0.214 e. The third kappa shape index (κ3) is 5.04. The molecule has 0 aromatic heterocycles. The third-order valence-corrected chi connectivity index (χ3v) is 4.17. The predicted molar refractivity (Wildman–Crippen MR) is 72.6 cm³/mol. The molecule has 6 heteroatoms. The molecular weight excluding hydrogens is 260 g/mol. The maximum absolute atomic E-state index is 11.8. The topological polar surface area (TPSA) is 63.4 Å². The van der Waals surface area contributed by atoms with Gasteiger partial charge in [0.15, 0.2) is 0 Å². The van der Waals surface area contributed by atoms with Crippen molar-refractivity contribution in [1.29, 1.82) is 0 Å². The Morgan fingerprint density at radius 2 is 1.82 bits per heavy atom. The normalized spacial score (nSPS) is 11.2. The van der Waals surface area contributed by atoms with Crippen LogP contribution in [0.3, 0.4) is 0 Å². The quantitative estimate of drug-likeness (QED) is 0.851. The van der Waals surface area contributed by atoms with Gasteiger partial charge in [0.25, 0.3) is 0 Å². The Hall–Kier alpha value is -0.620. The van der Waals surface area contributed by atoms with E-state index in [1.165, 1.54) is 4.31 Å². The first kappa shape index (κ1) is 16.4. The fraction of sp³-hybridized carbons (Fsp3) is 0.455. The minimum absolute atomic E-state index is 0. The van der Waals surface area contributed by atoms with E-state index in [4.69, 9.17) is 5.73 Å². The summed E-state index contributed by atoms with van der Waals surface area (Å²) >= 11 is 0. The van der Waals surface area contributed by atoms with Gasteiger partial charge in [-0.25, -0.2) is 8.42 Å². The SMILES string of the molecule is CCS(=O)(=O)N(CCN)Cc1ccccc1.Cl. The van der Waals surface area contributed by atoms with Gasteiger partial charge in [-0.3, -0.25) is 0 Å². The molecule has 0 unspecified atom stereocenters. The Morgan fingerprint density at radius 1 is 1.24 bits per heavy atom. The number of halogens is 1. The Kier molecular flexibility index (Phi) is 7.38. The number of hydrogen-bond donors (Lipinski definition) is 1. The molecule has 1 aromatic carbocycles. The number of rotatable bonds is 6. The van der Waals surface area contributed by atoms with Crippen LogP contribution in [0.2, 0.25) is 0 Å². The van der Waals surface area contributed by atoms with Crippen molar-refractivity contribution >= 4 is 22.4 Å². The molecule has 0 atom stereocenters. The lowest BCUT2D eigenvalue weighted by molar-refractivity contribution is 0.415. The van der Waals surface area contributed by atoms with E-state index in [1.54, 1.807) is 6.92 Å². The Morgan fingerprint density at radius 3 is 2.29 bits per heavy atom. The van der Waals surface area contributed by atoms with Crippen molar-refractivity contribution in [3.05, 3.63) is 35.9 Å². The van der Waals surface area contributed by atoms with E-state index in [0.29, 0.717) is 19.6 Å². The van der Waals surface area contributed by atoms with Gasteiger partial charge in [0.2, 0.25) is 10.0 Å².